The van der Waals surface area contributed by atoms with E-state index < -0.39 is 17.6 Å². The quantitative estimate of drug-likeness (QED) is 0.853. The zero-order chi connectivity index (χ0) is 14.8. The maximum absolute atomic E-state index is 13.1. The molecule has 0 bridgehead atoms. The van der Waals surface area contributed by atoms with Gasteiger partial charge in [-0.15, -0.1) is 0 Å². The lowest BCUT2D eigenvalue weighted by Gasteiger charge is -2.10. The van der Waals surface area contributed by atoms with E-state index in [4.69, 9.17) is 0 Å². The van der Waals surface area contributed by atoms with Crippen LogP contribution >= 0.6 is 11.3 Å². The Morgan fingerprint density at radius 1 is 1.20 bits per heavy atom. The summed E-state index contributed by atoms with van der Waals surface area (Å²) < 4.78 is 50.7. The molecule has 0 amide bonds. The molecular weight excluding hydrogens is 296 g/mol. The molecule has 0 unspecified atom stereocenters. The fraction of sp³-hybridized carbons (Fsp3) is 0.250. The Morgan fingerprint density at radius 2 is 1.95 bits per heavy atom. The second kappa shape index (κ2) is 5.76. The Hall–Kier alpha value is -1.67. The van der Waals surface area contributed by atoms with Crippen LogP contribution in [0.3, 0.4) is 0 Å². The maximum Gasteiger partial charge on any atom is 0.416 e. The fourth-order valence-electron chi connectivity index (χ4n) is 1.66. The summed E-state index contributed by atoms with van der Waals surface area (Å²) in [5.74, 6) is -0.930. The van der Waals surface area contributed by atoms with Gasteiger partial charge in [0, 0.05) is 24.2 Å². The van der Waals surface area contributed by atoms with Gasteiger partial charge in [-0.1, -0.05) is 11.3 Å². The third-order valence-electron chi connectivity index (χ3n) is 2.50. The zero-order valence-corrected chi connectivity index (χ0v) is 10.9. The highest BCUT2D eigenvalue weighted by Gasteiger charge is 2.31. The molecule has 108 valence electrons. The van der Waals surface area contributed by atoms with Crippen molar-refractivity contribution >= 4 is 11.3 Å². The summed E-state index contributed by atoms with van der Waals surface area (Å²) in [4.78, 5) is 13.2. The maximum atomic E-state index is 13.1. The summed E-state index contributed by atoms with van der Waals surface area (Å²) >= 11 is 0.999. The lowest BCUT2D eigenvalue weighted by Crippen LogP contribution is -2.15. The first-order valence-corrected chi connectivity index (χ1v) is 6.46. The summed E-state index contributed by atoms with van der Waals surface area (Å²) in [7, 11) is 0. The molecule has 3 nitrogen and oxygen atoms in total. The van der Waals surface area contributed by atoms with Crippen molar-refractivity contribution in [1.29, 1.82) is 0 Å². The van der Waals surface area contributed by atoms with Crippen molar-refractivity contribution in [3.8, 4) is 0 Å². The monoisotopic (exact) mass is 306 g/mol. The average Bonchev–Trinajstić information content (AvgIpc) is 2.73. The lowest BCUT2D eigenvalue weighted by molar-refractivity contribution is -0.137. The van der Waals surface area contributed by atoms with Crippen LogP contribution in [0.1, 0.15) is 16.8 Å². The van der Waals surface area contributed by atoms with Crippen LogP contribution in [0.15, 0.2) is 28.4 Å². The number of rotatable bonds is 4. The van der Waals surface area contributed by atoms with Crippen molar-refractivity contribution in [2.24, 2.45) is 0 Å². The molecule has 8 heteroatoms. The number of alkyl halides is 3. The Kier molecular flexibility index (Phi) is 4.24. The molecule has 0 aliphatic rings. The highest BCUT2D eigenvalue weighted by atomic mass is 32.1. The summed E-state index contributed by atoms with van der Waals surface area (Å²) in [6.07, 6.45) is -4.57. The van der Waals surface area contributed by atoms with Crippen molar-refractivity contribution in [2.75, 3.05) is 0 Å². The molecule has 2 N–H and O–H groups in total. The van der Waals surface area contributed by atoms with E-state index in [1.165, 1.54) is 0 Å². The Balaban J connectivity index is 2.02. The van der Waals surface area contributed by atoms with E-state index in [0.29, 0.717) is 11.8 Å². The Morgan fingerprint density at radius 3 is 2.55 bits per heavy atom. The van der Waals surface area contributed by atoms with Gasteiger partial charge in [0.05, 0.1) is 5.56 Å². The number of halogens is 4. The molecule has 2 rings (SSSR count). The first-order valence-electron chi connectivity index (χ1n) is 5.58. The Labute approximate surface area is 115 Å². The molecule has 20 heavy (non-hydrogen) atoms. The van der Waals surface area contributed by atoms with E-state index in [9.17, 15) is 22.4 Å². The predicted octanol–water partition coefficient (Wildman–Crippen LogP) is 2.88. The van der Waals surface area contributed by atoms with Gasteiger partial charge in [0.25, 0.3) is 0 Å². The van der Waals surface area contributed by atoms with Crippen molar-refractivity contribution in [2.45, 2.75) is 19.3 Å². The van der Waals surface area contributed by atoms with Crippen LogP contribution in [-0.4, -0.2) is 4.98 Å². The molecule has 1 heterocycles. The molecule has 0 saturated heterocycles. The highest BCUT2D eigenvalue weighted by molar-refractivity contribution is 7.07. The lowest BCUT2D eigenvalue weighted by atomic mass is 10.1. The summed E-state index contributed by atoms with van der Waals surface area (Å²) in [5, 5.41) is 4.45. The zero-order valence-electron chi connectivity index (χ0n) is 10.1. The number of thiazole rings is 1. The number of hydrogen-bond acceptors (Lipinski definition) is 3. The van der Waals surface area contributed by atoms with E-state index in [-0.39, 0.29) is 23.5 Å². The largest absolute Gasteiger partial charge is 0.416 e. The molecule has 0 aliphatic heterocycles. The van der Waals surface area contributed by atoms with Crippen molar-refractivity contribution in [1.82, 2.24) is 10.3 Å². The number of nitrogens with one attached hydrogen (secondary N) is 2. The van der Waals surface area contributed by atoms with Crippen molar-refractivity contribution < 1.29 is 17.6 Å². The predicted molar refractivity (Wildman–Crippen MR) is 66.9 cm³/mol. The van der Waals surface area contributed by atoms with Gasteiger partial charge in [0.1, 0.15) is 5.82 Å². The number of H-pyrrole nitrogens is 1. The molecule has 1 aromatic carbocycles. The SMILES string of the molecule is O=c1[nH]c(CNCc2cc(F)cc(C(F)(F)F)c2)cs1. The van der Waals surface area contributed by atoms with Gasteiger partial charge in [-0.2, -0.15) is 13.2 Å². The first-order chi connectivity index (χ1) is 9.34. The summed E-state index contributed by atoms with van der Waals surface area (Å²) in [6, 6.07) is 2.39. The van der Waals surface area contributed by atoms with Crippen LogP contribution in [0, 0.1) is 5.82 Å². The summed E-state index contributed by atoms with van der Waals surface area (Å²) in [6.45, 7) is 0.356. The van der Waals surface area contributed by atoms with Crippen LogP contribution in [-0.2, 0) is 19.3 Å². The molecule has 0 atom stereocenters. The number of aromatic nitrogens is 1. The minimum atomic E-state index is -4.57. The smallest absolute Gasteiger partial charge is 0.315 e. The fourth-order valence-corrected chi connectivity index (χ4v) is 2.24. The third kappa shape index (κ3) is 3.91. The van der Waals surface area contributed by atoms with Crippen LogP contribution < -0.4 is 10.2 Å². The second-order valence-electron chi connectivity index (χ2n) is 4.12. The van der Waals surface area contributed by atoms with E-state index >= 15 is 0 Å². The van der Waals surface area contributed by atoms with E-state index in [0.717, 1.165) is 23.5 Å². The Bertz CT molecular complexity index is 647. The number of hydrogen-bond donors (Lipinski definition) is 2. The molecule has 0 radical (unpaired) electrons. The van der Waals surface area contributed by atoms with Crippen molar-refractivity contribution in [3.63, 3.8) is 0 Å². The topological polar surface area (TPSA) is 44.9 Å². The van der Waals surface area contributed by atoms with E-state index in [1.807, 2.05) is 0 Å². The second-order valence-corrected chi connectivity index (χ2v) is 4.97. The minimum Gasteiger partial charge on any atom is -0.315 e. The van der Waals surface area contributed by atoms with Crippen LogP contribution in [0.25, 0.3) is 0 Å². The number of aromatic amines is 1. The van der Waals surface area contributed by atoms with Gasteiger partial charge in [-0.3, -0.25) is 4.79 Å². The van der Waals surface area contributed by atoms with Gasteiger partial charge in [-0.05, 0) is 23.8 Å². The van der Waals surface area contributed by atoms with Gasteiger partial charge in [0.2, 0.25) is 0 Å². The van der Waals surface area contributed by atoms with E-state index in [1.54, 1.807) is 5.38 Å². The third-order valence-corrected chi connectivity index (χ3v) is 3.22. The minimum absolute atomic E-state index is 0.0682. The van der Waals surface area contributed by atoms with Crippen LogP contribution in [0.2, 0.25) is 0 Å². The normalized spacial score (nSPS) is 11.8. The molecular formula is C12H10F4N2OS. The highest BCUT2D eigenvalue weighted by Crippen LogP contribution is 2.30. The summed E-state index contributed by atoms with van der Waals surface area (Å²) in [5.41, 5.74) is -0.194. The van der Waals surface area contributed by atoms with Gasteiger partial charge in [-0.25, -0.2) is 4.39 Å². The van der Waals surface area contributed by atoms with Gasteiger partial charge >= 0.3 is 11.0 Å². The molecule has 0 saturated carbocycles. The standard InChI is InChI=1S/C12H10F4N2OS/c13-9-2-7(1-8(3-9)12(14,15)16)4-17-5-10-6-20-11(19)18-10/h1-3,6,17H,4-5H2,(H,18,19). The first kappa shape index (κ1) is 14.7. The molecule has 0 fully saturated rings. The van der Waals surface area contributed by atoms with Crippen molar-refractivity contribution in [3.05, 3.63) is 55.9 Å². The van der Waals surface area contributed by atoms with Crippen LogP contribution in [0.4, 0.5) is 17.6 Å². The molecule has 1 aromatic heterocycles. The molecule has 0 spiro atoms. The van der Waals surface area contributed by atoms with Gasteiger partial charge in [0.15, 0.2) is 0 Å². The number of benzene rings is 1. The molecule has 0 aliphatic carbocycles. The van der Waals surface area contributed by atoms with Gasteiger partial charge < -0.3 is 10.3 Å². The average molecular weight is 306 g/mol. The molecule has 2 aromatic rings. The van der Waals surface area contributed by atoms with E-state index in [2.05, 4.69) is 10.3 Å². The van der Waals surface area contributed by atoms with Crippen LogP contribution in [0.5, 0.6) is 0 Å².